The topological polar surface area (TPSA) is 34.1 Å². The van der Waals surface area contributed by atoms with Crippen molar-refractivity contribution in [2.75, 3.05) is 59.9 Å². The van der Waals surface area contributed by atoms with Crippen LogP contribution in [0.25, 0.3) is 0 Å². The molecule has 1 fully saturated rings. The number of piperazine rings is 1. The molecule has 0 atom stereocenters. The van der Waals surface area contributed by atoms with Gasteiger partial charge in [0.25, 0.3) is 0 Å². The number of halogens is 1. The van der Waals surface area contributed by atoms with Gasteiger partial charge in [0.2, 0.25) is 0 Å². The van der Waals surface area contributed by atoms with Crippen molar-refractivity contribution in [1.29, 1.82) is 0 Å². The average molecular weight is 380 g/mol. The van der Waals surface area contributed by atoms with Crippen LogP contribution >= 0.6 is 11.6 Å². The number of aliphatic imine (C=N–C) groups is 1. The van der Waals surface area contributed by atoms with Crippen LogP contribution in [0, 0.1) is 0 Å². The van der Waals surface area contributed by atoms with Crippen molar-refractivity contribution in [3.63, 3.8) is 0 Å². The highest BCUT2D eigenvalue weighted by molar-refractivity contribution is 6.30. The molecule has 1 N–H and O–H groups in total. The Kier molecular flexibility index (Phi) is 9.23. The summed E-state index contributed by atoms with van der Waals surface area (Å²) in [6, 6.07) is 7.98. The third kappa shape index (κ3) is 7.14. The van der Waals surface area contributed by atoms with Gasteiger partial charge in [-0.25, -0.2) is 0 Å². The highest BCUT2D eigenvalue weighted by Crippen LogP contribution is 2.11. The van der Waals surface area contributed by atoms with Gasteiger partial charge in [-0.2, -0.15) is 0 Å². The molecule has 2 rings (SSSR count). The predicted octanol–water partition coefficient (Wildman–Crippen LogP) is 2.76. The second-order valence-electron chi connectivity index (χ2n) is 6.94. The number of hydrogen-bond donors (Lipinski definition) is 1. The van der Waals surface area contributed by atoms with Gasteiger partial charge in [0.15, 0.2) is 5.96 Å². The van der Waals surface area contributed by atoms with Crippen LogP contribution in [0.2, 0.25) is 5.02 Å². The molecule has 146 valence electrons. The summed E-state index contributed by atoms with van der Waals surface area (Å²) in [7, 11) is 3.91. The van der Waals surface area contributed by atoms with Gasteiger partial charge in [-0.3, -0.25) is 4.99 Å². The van der Waals surface area contributed by atoms with Crippen LogP contribution in [0.4, 0.5) is 0 Å². The van der Waals surface area contributed by atoms with Crippen molar-refractivity contribution in [2.24, 2.45) is 4.99 Å². The Bertz CT molecular complexity index is 538. The lowest BCUT2D eigenvalue weighted by Crippen LogP contribution is -2.46. The third-order valence-electron chi connectivity index (χ3n) is 5.00. The number of nitrogens with one attached hydrogen (secondary N) is 1. The van der Waals surface area contributed by atoms with E-state index in [2.05, 4.69) is 51.1 Å². The van der Waals surface area contributed by atoms with Gasteiger partial charge in [-0.1, -0.05) is 30.7 Å². The summed E-state index contributed by atoms with van der Waals surface area (Å²) < 4.78 is 0. The van der Waals surface area contributed by atoms with E-state index in [1.807, 2.05) is 19.2 Å². The maximum atomic E-state index is 5.95. The molecule has 0 amide bonds. The van der Waals surface area contributed by atoms with Gasteiger partial charge in [0, 0.05) is 58.4 Å². The van der Waals surface area contributed by atoms with Crippen molar-refractivity contribution in [1.82, 2.24) is 20.0 Å². The van der Waals surface area contributed by atoms with E-state index in [0.29, 0.717) is 0 Å². The van der Waals surface area contributed by atoms with Crippen molar-refractivity contribution in [2.45, 2.75) is 26.3 Å². The van der Waals surface area contributed by atoms with Gasteiger partial charge in [-0.15, -0.1) is 0 Å². The van der Waals surface area contributed by atoms with Crippen molar-refractivity contribution in [3.05, 3.63) is 34.9 Å². The number of rotatable bonds is 8. The highest BCUT2D eigenvalue weighted by Gasteiger charge is 2.14. The smallest absolute Gasteiger partial charge is 0.193 e. The first-order valence-electron chi connectivity index (χ1n) is 9.73. The number of hydrogen-bond acceptors (Lipinski definition) is 3. The molecule has 1 aromatic carbocycles. The lowest BCUT2D eigenvalue weighted by Gasteiger charge is -2.34. The van der Waals surface area contributed by atoms with E-state index >= 15 is 0 Å². The van der Waals surface area contributed by atoms with Gasteiger partial charge in [-0.05, 0) is 43.6 Å². The molecule has 26 heavy (non-hydrogen) atoms. The molecular weight excluding hydrogens is 346 g/mol. The Balaban J connectivity index is 1.61. The molecule has 0 spiro atoms. The molecule has 0 saturated carbocycles. The van der Waals surface area contributed by atoms with E-state index in [9.17, 15) is 0 Å². The molecule has 0 radical (unpaired) electrons. The zero-order chi connectivity index (χ0) is 18.8. The Morgan fingerprint density at radius 3 is 2.38 bits per heavy atom. The minimum Gasteiger partial charge on any atom is -0.356 e. The van der Waals surface area contributed by atoms with Crippen LogP contribution in [0.1, 0.15) is 25.3 Å². The summed E-state index contributed by atoms with van der Waals surface area (Å²) in [5, 5.41) is 4.25. The predicted molar refractivity (Wildman–Crippen MR) is 112 cm³/mol. The summed E-state index contributed by atoms with van der Waals surface area (Å²) in [4.78, 5) is 11.7. The van der Waals surface area contributed by atoms with Crippen LogP contribution in [0.15, 0.2) is 29.3 Å². The fraction of sp³-hybridized carbons (Fsp3) is 0.650. The third-order valence-corrected chi connectivity index (χ3v) is 5.25. The minimum absolute atomic E-state index is 0.773. The maximum absolute atomic E-state index is 5.95. The molecule has 0 bridgehead atoms. The number of guanidine groups is 1. The molecule has 5 nitrogen and oxygen atoms in total. The molecule has 1 aromatic rings. The highest BCUT2D eigenvalue weighted by atomic mass is 35.5. The molecule has 1 aliphatic heterocycles. The Hall–Kier alpha value is -1.30. The maximum Gasteiger partial charge on any atom is 0.193 e. The van der Waals surface area contributed by atoms with E-state index in [1.165, 1.54) is 57.7 Å². The second-order valence-corrected chi connectivity index (χ2v) is 7.38. The van der Waals surface area contributed by atoms with E-state index in [0.717, 1.165) is 24.1 Å². The van der Waals surface area contributed by atoms with Gasteiger partial charge >= 0.3 is 0 Å². The first-order valence-corrected chi connectivity index (χ1v) is 10.1. The Labute approximate surface area is 164 Å². The fourth-order valence-corrected chi connectivity index (χ4v) is 3.44. The molecule has 1 aliphatic rings. The van der Waals surface area contributed by atoms with Crippen LogP contribution < -0.4 is 5.32 Å². The van der Waals surface area contributed by atoms with E-state index in [1.54, 1.807) is 0 Å². The zero-order valence-electron chi connectivity index (χ0n) is 16.5. The molecule has 0 aliphatic carbocycles. The molecule has 0 aromatic heterocycles. The minimum atomic E-state index is 0.773. The largest absolute Gasteiger partial charge is 0.356 e. The normalized spacial score (nSPS) is 16.7. The quantitative estimate of drug-likeness (QED) is 0.428. The summed E-state index contributed by atoms with van der Waals surface area (Å²) >= 11 is 5.95. The van der Waals surface area contributed by atoms with E-state index in [-0.39, 0.29) is 0 Å². The first-order chi connectivity index (χ1) is 12.6. The van der Waals surface area contributed by atoms with Crippen LogP contribution in [-0.2, 0) is 6.54 Å². The second kappa shape index (κ2) is 11.4. The Morgan fingerprint density at radius 2 is 1.77 bits per heavy atom. The van der Waals surface area contributed by atoms with Gasteiger partial charge in [0.05, 0.1) is 0 Å². The van der Waals surface area contributed by atoms with Gasteiger partial charge < -0.3 is 20.0 Å². The number of nitrogens with zero attached hydrogens (tertiary/aromatic N) is 4. The van der Waals surface area contributed by atoms with Crippen LogP contribution in [0.3, 0.4) is 0 Å². The monoisotopic (exact) mass is 379 g/mol. The Morgan fingerprint density at radius 1 is 1.12 bits per heavy atom. The molecule has 0 unspecified atom stereocenters. The fourth-order valence-electron chi connectivity index (χ4n) is 3.31. The van der Waals surface area contributed by atoms with Gasteiger partial charge in [0.1, 0.15) is 0 Å². The first kappa shape index (κ1) is 21.0. The molecule has 1 saturated heterocycles. The lowest BCUT2D eigenvalue weighted by atomic mass is 10.2. The van der Waals surface area contributed by atoms with Crippen molar-refractivity contribution in [3.8, 4) is 0 Å². The molecule has 1 heterocycles. The summed E-state index contributed by atoms with van der Waals surface area (Å²) in [5.41, 5.74) is 1.23. The zero-order valence-corrected chi connectivity index (χ0v) is 17.3. The van der Waals surface area contributed by atoms with E-state index in [4.69, 9.17) is 11.6 Å². The average Bonchev–Trinajstić information content (AvgIpc) is 2.67. The standard InChI is InChI=1S/C20H34ClN5/c1-4-25-13-15-26(16-14-25)12-6-5-11-23-20(22-2)24(3)17-18-7-9-19(21)10-8-18/h7-10H,4-6,11-17H2,1-3H3,(H,22,23). The van der Waals surface area contributed by atoms with Crippen LogP contribution in [0.5, 0.6) is 0 Å². The van der Waals surface area contributed by atoms with Crippen molar-refractivity contribution < 1.29 is 0 Å². The number of benzene rings is 1. The molecule has 6 heteroatoms. The number of likely N-dealkylation sites (N-methyl/N-ethyl adjacent to an activating group) is 1. The summed E-state index contributed by atoms with van der Waals surface area (Å²) in [6.07, 6.45) is 2.40. The SMILES string of the molecule is CCN1CCN(CCCCNC(=NC)N(C)Cc2ccc(Cl)cc2)CC1. The number of unbranched alkanes of at least 4 members (excludes halogenated alkanes) is 1. The lowest BCUT2D eigenvalue weighted by molar-refractivity contribution is 0.136. The van der Waals surface area contributed by atoms with E-state index < -0.39 is 0 Å². The van der Waals surface area contributed by atoms with Crippen molar-refractivity contribution >= 4 is 17.6 Å². The summed E-state index contributed by atoms with van der Waals surface area (Å²) in [6.45, 7) is 11.3. The van der Waals surface area contributed by atoms with Crippen LogP contribution in [-0.4, -0.2) is 80.6 Å². The molecular formula is C20H34ClN5. The summed E-state index contributed by atoms with van der Waals surface area (Å²) in [5.74, 6) is 0.941.